The van der Waals surface area contributed by atoms with E-state index in [-0.39, 0.29) is 0 Å². The zero-order valence-electron chi connectivity index (χ0n) is 8.66. The van der Waals surface area contributed by atoms with Gasteiger partial charge in [0.2, 0.25) is 0 Å². The highest BCUT2D eigenvalue weighted by atomic mass is 32.1. The van der Waals surface area contributed by atoms with Crippen LogP contribution in [0.25, 0.3) is 0 Å². The first kappa shape index (κ1) is 11.2. The molecule has 76 valence electrons. The minimum atomic E-state index is 0.348. The van der Waals surface area contributed by atoms with Crippen LogP contribution in [0.3, 0.4) is 0 Å². The molecule has 0 aromatic carbocycles. The molecule has 0 spiro atoms. The lowest BCUT2D eigenvalue weighted by Crippen LogP contribution is -2.30. The zero-order chi connectivity index (χ0) is 10.4. The molecule has 2 unspecified atom stereocenters. The Morgan fingerprint density at radius 3 is 3.00 bits per heavy atom. The normalized spacial score (nSPS) is 14.6. The van der Waals surface area contributed by atoms with Crippen LogP contribution in [0.1, 0.15) is 37.6 Å². The molecule has 3 heteroatoms. The first-order valence-corrected chi connectivity index (χ1v) is 5.73. The van der Waals surface area contributed by atoms with Crippen molar-refractivity contribution in [3.63, 3.8) is 0 Å². The molecule has 0 aliphatic heterocycles. The van der Waals surface area contributed by atoms with E-state index in [1.54, 1.807) is 11.3 Å². The number of hydrogen-bond acceptors (Lipinski definition) is 3. The summed E-state index contributed by atoms with van der Waals surface area (Å²) in [4.78, 5) is 5.32. The standard InChI is InChI=1S/C11H16N2S/c1-4-6-10(5-2)13-9(3)11-7-12-8-14-11/h1,7-10,13H,5-6H2,2-3H3. The molecule has 1 aromatic rings. The van der Waals surface area contributed by atoms with Gasteiger partial charge in [-0.3, -0.25) is 4.98 Å². The fourth-order valence-electron chi connectivity index (χ4n) is 1.34. The average Bonchev–Trinajstić information content (AvgIpc) is 2.69. The number of nitrogens with zero attached hydrogens (tertiary/aromatic N) is 1. The van der Waals surface area contributed by atoms with Gasteiger partial charge < -0.3 is 5.32 Å². The molecule has 1 aromatic heterocycles. The first-order chi connectivity index (χ1) is 6.77. The topological polar surface area (TPSA) is 24.9 Å². The lowest BCUT2D eigenvalue weighted by atomic mass is 10.1. The summed E-state index contributed by atoms with van der Waals surface area (Å²) in [6, 6.07) is 0.762. The predicted octanol–water partition coefficient (Wildman–Crippen LogP) is 2.60. The monoisotopic (exact) mass is 208 g/mol. The van der Waals surface area contributed by atoms with Crippen LogP contribution in [-0.2, 0) is 0 Å². The van der Waals surface area contributed by atoms with Crippen LogP contribution in [0.4, 0.5) is 0 Å². The average molecular weight is 208 g/mol. The van der Waals surface area contributed by atoms with E-state index in [4.69, 9.17) is 6.42 Å². The number of terminal acetylenes is 1. The molecule has 0 bridgehead atoms. The van der Waals surface area contributed by atoms with Crippen LogP contribution in [0, 0.1) is 12.3 Å². The SMILES string of the molecule is C#CCC(CC)NC(C)c1cncs1. The highest BCUT2D eigenvalue weighted by molar-refractivity contribution is 7.09. The molecule has 0 aliphatic carbocycles. The van der Waals surface area contributed by atoms with E-state index < -0.39 is 0 Å². The van der Waals surface area contributed by atoms with Crippen molar-refractivity contribution < 1.29 is 0 Å². The summed E-state index contributed by atoms with van der Waals surface area (Å²) in [7, 11) is 0. The molecule has 0 fully saturated rings. The minimum absolute atomic E-state index is 0.348. The Bertz CT molecular complexity index is 287. The van der Waals surface area contributed by atoms with E-state index in [2.05, 4.69) is 30.1 Å². The molecule has 1 heterocycles. The number of hydrogen-bond donors (Lipinski definition) is 1. The lowest BCUT2D eigenvalue weighted by molar-refractivity contribution is 0.452. The van der Waals surface area contributed by atoms with Gasteiger partial charge in [-0.25, -0.2) is 0 Å². The van der Waals surface area contributed by atoms with Crippen LogP contribution < -0.4 is 5.32 Å². The van der Waals surface area contributed by atoms with E-state index in [0.717, 1.165) is 12.8 Å². The molecule has 1 rings (SSSR count). The molecule has 14 heavy (non-hydrogen) atoms. The zero-order valence-corrected chi connectivity index (χ0v) is 9.47. The van der Waals surface area contributed by atoms with Crippen molar-refractivity contribution in [3.05, 3.63) is 16.6 Å². The van der Waals surface area contributed by atoms with Crippen molar-refractivity contribution in [3.8, 4) is 12.3 Å². The molecule has 2 nitrogen and oxygen atoms in total. The molecule has 0 amide bonds. The van der Waals surface area contributed by atoms with E-state index in [1.807, 2.05) is 11.7 Å². The van der Waals surface area contributed by atoms with Crippen LogP contribution in [-0.4, -0.2) is 11.0 Å². The largest absolute Gasteiger partial charge is 0.306 e. The van der Waals surface area contributed by atoms with E-state index in [0.29, 0.717) is 12.1 Å². The summed E-state index contributed by atoms with van der Waals surface area (Å²) in [5.74, 6) is 2.69. The third-order valence-electron chi connectivity index (χ3n) is 2.22. The Hall–Kier alpha value is -0.850. The van der Waals surface area contributed by atoms with E-state index in [9.17, 15) is 0 Å². The molecule has 2 atom stereocenters. The predicted molar refractivity (Wildman–Crippen MR) is 61.2 cm³/mol. The van der Waals surface area contributed by atoms with Crippen LogP contribution in [0.2, 0.25) is 0 Å². The van der Waals surface area contributed by atoms with Crippen molar-refractivity contribution >= 4 is 11.3 Å². The molecule has 0 saturated carbocycles. The number of aromatic nitrogens is 1. The minimum Gasteiger partial charge on any atom is -0.306 e. The smallest absolute Gasteiger partial charge is 0.0794 e. The van der Waals surface area contributed by atoms with Gasteiger partial charge in [-0.15, -0.1) is 23.7 Å². The summed E-state index contributed by atoms with van der Waals surface area (Å²) in [5.41, 5.74) is 1.86. The van der Waals surface area contributed by atoms with Gasteiger partial charge in [0.1, 0.15) is 0 Å². The molecular weight excluding hydrogens is 192 g/mol. The van der Waals surface area contributed by atoms with Crippen molar-refractivity contribution in [1.82, 2.24) is 10.3 Å². The molecule has 1 N–H and O–H groups in total. The summed E-state index contributed by atoms with van der Waals surface area (Å²) >= 11 is 1.68. The van der Waals surface area contributed by atoms with E-state index in [1.165, 1.54) is 4.88 Å². The molecular formula is C11H16N2S. The van der Waals surface area contributed by atoms with Gasteiger partial charge in [0, 0.05) is 29.6 Å². The Kier molecular flexibility index (Phi) is 4.64. The molecule has 0 radical (unpaired) electrons. The third kappa shape index (κ3) is 3.13. The quantitative estimate of drug-likeness (QED) is 0.752. The van der Waals surface area contributed by atoms with E-state index >= 15 is 0 Å². The summed E-state index contributed by atoms with van der Waals surface area (Å²) in [5, 5.41) is 3.50. The van der Waals surface area contributed by atoms with Gasteiger partial charge in [-0.1, -0.05) is 6.92 Å². The number of nitrogens with one attached hydrogen (secondary N) is 1. The molecule has 0 aliphatic rings. The van der Waals surface area contributed by atoms with Crippen molar-refractivity contribution in [2.45, 2.75) is 38.8 Å². The van der Waals surface area contributed by atoms with Gasteiger partial charge in [0.05, 0.1) is 5.51 Å². The summed E-state index contributed by atoms with van der Waals surface area (Å²) in [6.45, 7) is 4.29. The van der Waals surface area contributed by atoms with Crippen molar-refractivity contribution in [1.29, 1.82) is 0 Å². The van der Waals surface area contributed by atoms with Crippen molar-refractivity contribution in [2.75, 3.05) is 0 Å². The highest BCUT2D eigenvalue weighted by Crippen LogP contribution is 2.17. The third-order valence-corrected chi connectivity index (χ3v) is 3.18. The fraction of sp³-hybridized carbons (Fsp3) is 0.545. The number of thiazole rings is 1. The Morgan fingerprint density at radius 1 is 1.71 bits per heavy atom. The summed E-state index contributed by atoms with van der Waals surface area (Å²) < 4.78 is 0. The second kappa shape index (κ2) is 5.79. The van der Waals surface area contributed by atoms with Crippen LogP contribution in [0.15, 0.2) is 11.7 Å². The van der Waals surface area contributed by atoms with Gasteiger partial charge in [0.15, 0.2) is 0 Å². The second-order valence-corrected chi connectivity index (χ2v) is 4.22. The van der Waals surface area contributed by atoms with Gasteiger partial charge in [-0.05, 0) is 13.3 Å². The summed E-state index contributed by atoms with van der Waals surface area (Å²) in [6.07, 6.45) is 9.06. The second-order valence-electron chi connectivity index (χ2n) is 3.31. The highest BCUT2D eigenvalue weighted by Gasteiger charge is 2.11. The van der Waals surface area contributed by atoms with Gasteiger partial charge in [0.25, 0.3) is 0 Å². The Labute approximate surface area is 89.8 Å². The first-order valence-electron chi connectivity index (χ1n) is 4.85. The maximum absolute atomic E-state index is 5.30. The van der Waals surface area contributed by atoms with Crippen molar-refractivity contribution in [2.24, 2.45) is 0 Å². The maximum Gasteiger partial charge on any atom is 0.0794 e. The van der Waals surface area contributed by atoms with Gasteiger partial charge >= 0.3 is 0 Å². The van der Waals surface area contributed by atoms with Crippen LogP contribution >= 0.6 is 11.3 Å². The maximum atomic E-state index is 5.30. The fourth-order valence-corrected chi connectivity index (χ4v) is 1.98. The lowest BCUT2D eigenvalue weighted by Gasteiger charge is -2.19. The van der Waals surface area contributed by atoms with Crippen LogP contribution in [0.5, 0.6) is 0 Å². The Morgan fingerprint density at radius 2 is 2.50 bits per heavy atom. The Balaban J connectivity index is 2.47. The van der Waals surface area contributed by atoms with Gasteiger partial charge in [-0.2, -0.15) is 0 Å². The number of rotatable bonds is 5. The molecule has 0 saturated heterocycles.